The van der Waals surface area contributed by atoms with Crippen molar-refractivity contribution in [2.24, 2.45) is 5.73 Å². The highest BCUT2D eigenvalue weighted by Crippen LogP contribution is 2.14. The van der Waals surface area contributed by atoms with Crippen LogP contribution >= 0.6 is 11.3 Å². The maximum Gasteiger partial charge on any atom is 0.261 e. The SMILES string of the molecule is Cc1ccsc1C(=O)NCCC(C)N. The third-order valence-electron chi connectivity index (χ3n) is 1.95. The van der Waals surface area contributed by atoms with Crippen molar-refractivity contribution in [1.82, 2.24) is 5.32 Å². The number of rotatable bonds is 4. The van der Waals surface area contributed by atoms with Crippen LogP contribution in [0.3, 0.4) is 0 Å². The molecule has 1 atom stereocenters. The van der Waals surface area contributed by atoms with E-state index in [0.29, 0.717) is 6.54 Å². The fourth-order valence-electron chi connectivity index (χ4n) is 1.10. The van der Waals surface area contributed by atoms with Gasteiger partial charge in [-0.2, -0.15) is 0 Å². The molecule has 3 N–H and O–H groups in total. The van der Waals surface area contributed by atoms with Gasteiger partial charge in [0.05, 0.1) is 4.88 Å². The highest BCUT2D eigenvalue weighted by Gasteiger charge is 2.09. The van der Waals surface area contributed by atoms with Gasteiger partial charge < -0.3 is 11.1 Å². The molecule has 0 aliphatic carbocycles. The summed E-state index contributed by atoms with van der Waals surface area (Å²) in [5.74, 6) is 0.0122. The molecular weight excluding hydrogens is 196 g/mol. The second kappa shape index (κ2) is 5.12. The number of amides is 1. The van der Waals surface area contributed by atoms with Crippen molar-refractivity contribution < 1.29 is 4.79 Å². The van der Waals surface area contributed by atoms with Crippen molar-refractivity contribution in [3.05, 3.63) is 21.9 Å². The average molecular weight is 212 g/mol. The summed E-state index contributed by atoms with van der Waals surface area (Å²) in [5.41, 5.74) is 6.61. The first-order valence-electron chi connectivity index (χ1n) is 4.69. The summed E-state index contributed by atoms with van der Waals surface area (Å²) in [6.07, 6.45) is 0.816. The van der Waals surface area contributed by atoms with Gasteiger partial charge in [0.1, 0.15) is 0 Å². The third kappa shape index (κ3) is 3.12. The molecule has 0 fully saturated rings. The van der Waals surface area contributed by atoms with Crippen LogP contribution in [0.4, 0.5) is 0 Å². The van der Waals surface area contributed by atoms with Gasteiger partial charge in [-0.3, -0.25) is 4.79 Å². The Hall–Kier alpha value is -0.870. The Balaban J connectivity index is 2.40. The van der Waals surface area contributed by atoms with Gasteiger partial charge >= 0.3 is 0 Å². The Morgan fingerprint density at radius 2 is 2.43 bits per heavy atom. The van der Waals surface area contributed by atoms with E-state index in [1.54, 1.807) is 0 Å². The average Bonchev–Trinajstić information content (AvgIpc) is 2.50. The molecule has 0 saturated carbocycles. The smallest absolute Gasteiger partial charge is 0.261 e. The molecule has 1 amide bonds. The van der Waals surface area contributed by atoms with Crippen LogP contribution in [0.1, 0.15) is 28.6 Å². The minimum absolute atomic E-state index is 0.0122. The van der Waals surface area contributed by atoms with E-state index in [-0.39, 0.29) is 11.9 Å². The second-order valence-corrected chi connectivity index (χ2v) is 4.37. The number of nitrogens with two attached hydrogens (primary N) is 1. The van der Waals surface area contributed by atoms with E-state index in [1.807, 2.05) is 25.3 Å². The fourth-order valence-corrected chi connectivity index (χ4v) is 1.94. The topological polar surface area (TPSA) is 55.1 Å². The van der Waals surface area contributed by atoms with Gasteiger partial charge in [-0.15, -0.1) is 11.3 Å². The molecule has 14 heavy (non-hydrogen) atoms. The Morgan fingerprint density at radius 1 is 1.71 bits per heavy atom. The van der Waals surface area contributed by atoms with E-state index < -0.39 is 0 Å². The fraction of sp³-hybridized carbons (Fsp3) is 0.500. The molecule has 0 aliphatic heterocycles. The number of carbonyl (C=O) groups excluding carboxylic acids is 1. The van der Waals surface area contributed by atoms with Crippen LogP contribution in [-0.4, -0.2) is 18.5 Å². The monoisotopic (exact) mass is 212 g/mol. The van der Waals surface area contributed by atoms with Crippen molar-refractivity contribution in [2.45, 2.75) is 26.3 Å². The first-order chi connectivity index (χ1) is 6.61. The first kappa shape index (κ1) is 11.2. The van der Waals surface area contributed by atoms with Crippen molar-refractivity contribution in [3.63, 3.8) is 0 Å². The number of nitrogens with one attached hydrogen (secondary N) is 1. The summed E-state index contributed by atoms with van der Waals surface area (Å²) < 4.78 is 0. The van der Waals surface area contributed by atoms with E-state index in [9.17, 15) is 4.79 Å². The van der Waals surface area contributed by atoms with Gasteiger partial charge in [-0.25, -0.2) is 0 Å². The van der Waals surface area contributed by atoms with Crippen molar-refractivity contribution in [3.8, 4) is 0 Å². The van der Waals surface area contributed by atoms with E-state index in [2.05, 4.69) is 5.32 Å². The minimum atomic E-state index is 0.0122. The second-order valence-electron chi connectivity index (χ2n) is 3.45. The van der Waals surface area contributed by atoms with Gasteiger partial charge in [0, 0.05) is 12.6 Å². The molecule has 78 valence electrons. The van der Waals surface area contributed by atoms with Crippen LogP contribution in [0.15, 0.2) is 11.4 Å². The highest BCUT2D eigenvalue weighted by molar-refractivity contribution is 7.12. The maximum atomic E-state index is 11.6. The predicted molar refractivity (Wildman–Crippen MR) is 59.7 cm³/mol. The Bertz CT molecular complexity index is 307. The molecule has 1 heterocycles. The van der Waals surface area contributed by atoms with E-state index in [0.717, 1.165) is 16.9 Å². The molecule has 0 bridgehead atoms. The van der Waals surface area contributed by atoms with Gasteiger partial charge in [-0.05, 0) is 37.3 Å². The summed E-state index contributed by atoms with van der Waals surface area (Å²) in [6.45, 7) is 4.52. The number of aryl methyl sites for hydroxylation is 1. The molecule has 0 spiro atoms. The zero-order chi connectivity index (χ0) is 10.6. The zero-order valence-electron chi connectivity index (χ0n) is 8.54. The van der Waals surface area contributed by atoms with Crippen LogP contribution in [0.5, 0.6) is 0 Å². The van der Waals surface area contributed by atoms with Gasteiger partial charge in [0.25, 0.3) is 5.91 Å². The standard InChI is InChI=1S/C10H16N2OS/c1-7-4-6-14-9(7)10(13)12-5-3-8(2)11/h4,6,8H,3,5,11H2,1-2H3,(H,12,13). The van der Waals surface area contributed by atoms with Gasteiger partial charge in [-0.1, -0.05) is 0 Å². The quantitative estimate of drug-likeness (QED) is 0.795. The van der Waals surface area contributed by atoms with Crippen molar-refractivity contribution in [1.29, 1.82) is 0 Å². The molecule has 1 aromatic rings. The number of carbonyl (C=O) groups is 1. The Labute approximate surface area is 88.3 Å². The van der Waals surface area contributed by atoms with Gasteiger partial charge in [0.15, 0.2) is 0 Å². The van der Waals surface area contributed by atoms with Crippen molar-refractivity contribution in [2.75, 3.05) is 6.54 Å². The van der Waals surface area contributed by atoms with Crippen molar-refractivity contribution >= 4 is 17.2 Å². The molecule has 3 nitrogen and oxygen atoms in total. The molecule has 0 saturated heterocycles. The maximum absolute atomic E-state index is 11.6. The van der Waals surface area contributed by atoms with E-state index >= 15 is 0 Å². The first-order valence-corrected chi connectivity index (χ1v) is 5.57. The lowest BCUT2D eigenvalue weighted by Gasteiger charge is -2.06. The van der Waals surface area contributed by atoms with Crippen LogP contribution in [0, 0.1) is 6.92 Å². The molecule has 0 radical (unpaired) electrons. The number of hydrogen-bond acceptors (Lipinski definition) is 3. The molecule has 0 aromatic carbocycles. The highest BCUT2D eigenvalue weighted by atomic mass is 32.1. The Morgan fingerprint density at radius 3 is 2.93 bits per heavy atom. The van der Waals surface area contributed by atoms with Crippen LogP contribution in [-0.2, 0) is 0 Å². The van der Waals surface area contributed by atoms with Crippen LogP contribution in [0.25, 0.3) is 0 Å². The summed E-state index contributed by atoms with van der Waals surface area (Å²) in [5, 5.41) is 4.78. The minimum Gasteiger partial charge on any atom is -0.351 e. The lowest BCUT2D eigenvalue weighted by molar-refractivity contribution is 0.0956. The largest absolute Gasteiger partial charge is 0.351 e. The summed E-state index contributed by atoms with van der Waals surface area (Å²) >= 11 is 1.47. The molecular formula is C10H16N2OS. The zero-order valence-corrected chi connectivity index (χ0v) is 9.36. The summed E-state index contributed by atoms with van der Waals surface area (Å²) in [6, 6.07) is 2.09. The van der Waals surface area contributed by atoms with Gasteiger partial charge in [0.2, 0.25) is 0 Å². The van der Waals surface area contributed by atoms with Crippen LogP contribution < -0.4 is 11.1 Å². The lowest BCUT2D eigenvalue weighted by Crippen LogP contribution is -2.28. The lowest BCUT2D eigenvalue weighted by atomic mass is 10.2. The van der Waals surface area contributed by atoms with E-state index in [4.69, 9.17) is 5.73 Å². The summed E-state index contributed by atoms with van der Waals surface area (Å²) in [4.78, 5) is 12.4. The predicted octanol–water partition coefficient (Wildman–Crippen LogP) is 1.52. The van der Waals surface area contributed by atoms with E-state index in [1.165, 1.54) is 11.3 Å². The third-order valence-corrected chi connectivity index (χ3v) is 2.97. The normalized spacial score (nSPS) is 12.5. The molecule has 1 rings (SSSR count). The van der Waals surface area contributed by atoms with Crippen LogP contribution in [0.2, 0.25) is 0 Å². The summed E-state index contributed by atoms with van der Waals surface area (Å²) in [7, 11) is 0. The molecule has 1 aromatic heterocycles. The number of thiophene rings is 1. The molecule has 0 aliphatic rings. The Kier molecular flexibility index (Phi) is 4.10. The number of hydrogen-bond donors (Lipinski definition) is 2. The molecule has 1 unspecified atom stereocenters. The molecule has 4 heteroatoms.